The fraction of sp³-hybridized carbons (Fsp3) is 0. The van der Waals surface area contributed by atoms with E-state index in [0.717, 1.165) is 22.3 Å². The summed E-state index contributed by atoms with van der Waals surface area (Å²) in [7, 11) is 0. The van der Waals surface area contributed by atoms with Crippen molar-refractivity contribution in [1.82, 2.24) is 0 Å². The molecule has 2 nitrogen and oxygen atoms in total. The van der Waals surface area contributed by atoms with Gasteiger partial charge in [-0.2, -0.15) is 10.5 Å². The molecule has 0 saturated heterocycles. The second-order valence-corrected chi connectivity index (χ2v) is 4.90. The summed E-state index contributed by atoms with van der Waals surface area (Å²) in [4.78, 5) is 0. The predicted octanol–water partition coefficient (Wildman–Crippen LogP) is 4.76. The van der Waals surface area contributed by atoms with E-state index < -0.39 is 0 Å². The molecule has 0 spiro atoms. The molecule has 0 aliphatic rings. The van der Waals surface area contributed by atoms with Crippen LogP contribution in [0.3, 0.4) is 0 Å². The summed E-state index contributed by atoms with van der Waals surface area (Å²) in [6.07, 6.45) is 0. The van der Waals surface area contributed by atoms with Crippen LogP contribution >= 0.6 is 0 Å². The molecule has 0 saturated carbocycles. The van der Waals surface area contributed by atoms with Gasteiger partial charge in [-0.05, 0) is 28.8 Å². The number of nitriles is 2. The number of nitrogens with zero attached hydrogens (tertiary/aromatic N) is 2. The molecule has 0 N–H and O–H groups in total. The van der Waals surface area contributed by atoms with Crippen LogP contribution in [0.4, 0.5) is 0 Å². The van der Waals surface area contributed by atoms with Crippen molar-refractivity contribution in [3.8, 4) is 34.4 Å². The quantitative estimate of drug-likeness (QED) is 0.679. The molecule has 0 unspecified atom stereocenters. The van der Waals surface area contributed by atoms with E-state index in [2.05, 4.69) is 24.3 Å². The first kappa shape index (κ1) is 13.6. The van der Waals surface area contributed by atoms with Gasteiger partial charge in [0.1, 0.15) is 12.1 Å². The highest BCUT2D eigenvalue weighted by Crippen LogP contribution is 2.29. The van der Waals surface area contributed by atoms with Crippen molar-refractivity contribution >= 4 is 0 Å². The largest absolute Gasteiger partial charge is 0.192 e. The average molecular weight is 280 g/mol. The van der Waals surface area contributed by atoms with Crippen LogP contribution < -0.4 is 0 Å². The molecule has 0 radical (unpaired) electrons. The molecule has 0 aliphatic carbocycles. The molecule has 3 rings (SSSR count). The summed E-state index contributed by atoms with van der Waals surface area (Å²) in [5.74, 6) is 0. The van der Waals surface area contributed by atoms with Crippen LogP contribution in [0.1, 0.15) is 11.1 Å². The minimum Gasteiger partial charge on any atom is -0.192 e. The third-order valence-electron chi connectivity index (χ3n) is 3.58. The summed E-state index contributed by atoms with van der Waals surface area (Å²) in [6, 6.07) is 27.7. The maximum absolute atomic E-state index is 9.38. The van der Waals surface area contributed by atoms with Gasteiger partial charge >= 0.3 is 0 Å². The molecule has 0 atom stereocenters. The van der Waals surface area contributed by atoms with E-state index in [1.165, 1.54) is 0 Å². The summed E-state index contributed by atoms with van der Waals surface area (Å²) in [5.41, 5.74) is 4.78. The Morgan fingerprint density at radius 1 is 0.591 bits per heavy atom. The number of hydrogen-bond donors (Lipinski definition) is 0. The predicted molar refractivity (Wildman–Crippen MR) is 86.7 cm³/mol. The van der Waals surface area contributed by atoms with Crippen LogP contribution in [-0.4, -0.2) is 0 Å². The Hall–Kier alpha value is -3.36. The first-order valence-corrected chi connectivity index (χ1v) is 6.92. The van der Waals surface area contributed by atoms with Crippen LogP contribution in [0.25, 0.3) is 22.3 Å². The average Bonchev–Trinajstić information content (AvgIpc) is 2.61. The lowest BCUT2D eigenvalue weighted by molar-refractivity contribution is 1.43. The maximum Gasteiger partial charge on any atom is 0.101 e. The van der Waals surface area contributed by atoms with Crippen LogP contribution in [0, 0.1) is 22.7 Å². The highest BCUT2D eigenvalue weighted by atomic mass is 14.3. The molecule has 3 aromatic carbocycles. The van der Waals surface area contributed by atoms with Crippen LogP contribution in [0.5, 0.6) is 0 Å². The summed E-state index contributed by atoms with van der Waals surface area (Å²) in [6.45, 7) is 0. The summed E-state index contributed by atoms with van der Waals surface area (Å²) >= 11 is 0. The Morgan fingerprint density at radius 3 is 2.00 bits per heavy atom. The molecular formula is C20H12N2. The second-order valence-electron chi connectivity index (χ2n) is 4.90. The van der Waals surface area contributed by atoms with Crippen molar-refractivity contribution in [3.63, 3.8) is 0 Å². The maximum atomic E-state index is 9.38. The molecule has 0 aliphatic heterocycles. The fourth-order valence-electron chi connectivity index (χ4n) is 2.50. The molecule has 22 heavy (non-hydrogen) atoms. The Kier molecular flexibility index (Phi) is 3.69. The molecule has 3 aromatic rings. The van der Waals surface area contributed by atoms with Gasteiger partial charge in [0.25, 0.3) is 0 Å². The van der Waals surface area contributed by atoms with E-state index >= 15 is 0 Å². The SMILES string of the molecule is N#Cc1cccc(-c2cccc(-c3ccccc3)c2)c1C#N. The van der Waals surface area contributed by atoms with E-state index in [1.54, 1.807) is 6.07 Å². The van der Waals surface area contributed by atoms with E-state index in [9.17, 15) is 5.26 Å². The zero-order valence-corrected chi connectivity index (χ0v) is 11.8. The van der Waals surface area contributed by atoms with Gasteiger partial charge < -0.3 is 0 Å². The van der Waals surface area contributed by atoms with E-state index in [1.807, 2.05) is 54.6 Å². The van der Waals surface area contributed by atoms with Gasteiger partial charge in [0, 0.05) is 5.56 Å². The van der Waals surface area contributed by atoms with Gasteiger partial charge in [0.15, 0.2) is 0 Å². The Labute approximate surface area is 129 Å². The van der Waals surface area contributed by atoms with Crippen molar-refractivity contribution in [1.29, 1.82) is 10.5 Å². The van der Waals surface area contributed by atoms with Crippen molar-refractivity contribution in [2.45, 2.75) is 0 Å². The molecule has 0 heterocycles. The van der Waals surface area contributed by atoms with Gasteiger partial charge in [0.2, 0.25) is 0 Å². The monoisotopic (exact) mass is 280 g/mol. The van der Waals surface area contributed by atoms with Gasteiger partial charge in [0.05, 0.1) is 11.1 Å². The third-order valence-corrected chi connectivity index (χ3v) is 3.58. The normalized spacial score (nSPS) is 9.73. The molecule has 0 aromatic heterocycles. The third kappa shape index (κ3) is 2.46. The lowest BCUT2D eigenvalue weighted by atomic mass is 9.94. The fourth-order valence-corrected chi connectivity index (χ4v) is 2.50. The van der Waals surface area contributed by atoms with Crippen LogP contribution in [0.15, 0.2) is 72.8 Å². The van der Waals surface area contributed by atoms with Crippen molar-refractivity contribution in [2.75, 3.05) is 0 Å². The Bertz CT molecular complexity index is 897. The van der Waals surface area contributed by atoms with Crippen LogP contribution in [-0.2, 0) is 0 Å². The Morgan fingerprint density at radius 2 is 1.27 bits per heavy atom. The lowest BCUT2D eigenvalue weighted by Gasteiger charge is -2.08. The standard InChI is InChI=1S/C20H12N2/c21-13-18-10-5-11-19(20(18)14-22)17-9-4-8-16(12-17)15-6-2-1-3-7-15/h1-12H. The Balaban J connectivity index is 2.16. The summed E-state index contributed by atoms with van der Waals surface area (Å²) < 4.78 is 0. The first-order valence-electron chi connectivity index (χ1n) is 6.92. The molecule has 0 amide bonds. The minimum atomic E-state index is 0.408. The molecule has 2 heteroatoms. The van der Waals surface area contributed by atoms with E-state index in [-0.39, 0.29) is 0 Å². The highest BCUT2D eigenvalue weighted by molar-refractivity contribution is 5.78. The zero-order valence-electron chi connectivity index (χ0n) is 11.8. The van der Waals surface area contributed by atoms with Gasteiger partial charge in [-0.25, -0.2) is 0 Å². The van der Waals surface area contributed by atoms with E-state index in [0.29, 0.717) is 11.1 Å². The van der Waals surface area contributed by atoms with Gasteiger partial charge in [-0.1, -0.05) is 60.7 Å². The van der Waals surface area contributed by atoms with Crippen LogP contribution in [0.2, 0.25) is 0 Å². The molecule has 102 valence electrons. The molecule has 0 fully saturated rings. The number of rotatable bonds is 2. The smallest absolute Gasteiger partial charge is 0.101 e. The zero-order chi connectivity index (χ0) is 15.4. The van der Waals surface area contributed by atoms with Crippen molar-refractivity contribution in [2.24, 2.45) is 0 Å². The topological polar surface area (TPSA) is 47.6 Å². The van der Waals surface area contributed by atoms with Crippen molar-refractivity contribution in [3.05, 3.63) is 83.9 Å². The lowest BCUT2D eigenvalue weighted by Crippen LogP contribution is -1.89. The minimum absolute atomic E-state index is 0.408. The second kappa shape index (κ2) is 5.95. The number of hydrogen-bond acceptors (Lipinski definition) is 2. The summed E-state index contributed by atoms with van der Waals surface area (Å²) in [5, 5.41) is 18.5. The van der Waals surface area contributed by atoms with Gasteiger partial charge in [-0.15, -0.1) is 0 Å². The van der Waals surface area contributed by atoms with Gasteiger partial charge in [-0.3, -0.25) is 0 Å². The van der Waals surface area contributed by atoms with E-state index in [4.69, 9.17) is 5.26 Å². The van der Waals surface area contributed by atoms with Crippen molar-refractivity contribution < 1.29 is 0 Å². The first-order chi connectivity index (χ1) is 10.8. The molecular weight excluding hydrogens is 268 g/mol. The molecule has 0 bridgehead atoms. The highest BCUT2D eigenvalue weighted by Gasteiger charge is 2.10. The number of benzene rings is 3.